The molecule has 4 nitrogen and oxygen atoms in total. The normalized spacial score (nSPS) is 19.4. The van der Waals surface area contributed by atoms with Crippen LogP contribution < -0.4 is 10.1 Å². The molecule has 0 spiro atoms. The summed E-state index contributed by atoms with van der Waals surface area (Å²) < 4.78 is 6.35. The summed E-state index contributed by atoms with van der Waals surface area (Å²) in [6, 6.07) is 6.28. The third-order valence-electron chi connectivity index (χ3n) is 3.33. The lowest BCUT2D eigenvalue weighted by atomic mass is 10.2. The standard InChI is InChI=1S/C14H19BrN2O2/c1-10(18)16-12-5-6-17(9-12)8-11-7-13(19-2)3-4-14(11)15/h3-4,7,12H,5-6,8-9H2,1-2H3,(H,16,18). The van der Waals surface area contributed by atoms with E-state index in [2.05, 4.69) is 32.2 Å². The van der Waals surface area contributed by atoms with Crippen molar-refractivity contribution in [1.29, 1.82) is 0 Å². The van der Waals surface area contributed by atoms with Crippen LogP contribution in [0.2, 0.25) is 0 Å². The molecular formula is C14H19BrN2O2. The molecule has 1 aromatic carbocycles. The summed E-state index contributed by atoms with van der Waals surface area (Å²) in [6.45, 7) is 4.35. The maximum absolute atomic E-state index is 11.0. The predicted molar refractivity (Wildman–Crippen MR) is 78.2 cm³/mol. The van der Waals surface area contributed by atoms with Crippen molar-refractivity contribution in [1.82, 2.24) is 10.2 Å². The van der Waals surface area contributed by atoms with E-state index in [1.807, 2.05) is 12.1 Å². The highest BCUT2D eigenvalue weighted by Crippen LogP contribution is 2.25. The molecule has 1 heterocycles. The van der Waals surface area contributed by atoms with Gasteiger partial charge in [-0.2, -0.15) is 0 Å². The van der Waals surface area contributed by atoms with E-state index in [-0.39, 0.29) is 11.9 Å². The van der Waals surface area contributed by atoms with Crippen LogP contribution in [0.4, 0.5) is 0 Å². The zero-order valence-corrected chi connectivity index (χ0v) is 12.9. The second kappa shape index (κ2) is 6.39. The van der Waals surface area contributed by atoms with Gasteiger partial charge in [0.2, 0.25) is 5.91 Å². The Kier molecular flexibility index (Phi) is 4.82. The van der Waals surface area contributed by atoms with Crippen LogP contribution in [0, 0.1) is 0 Å². The molecule has 0 aliphatic carbocycles. The van der Waals surface area contributed by atoms with Crippen molar-refractivity contribution < 1.29 is 9.53 Å². The number of hydrogen-bond acceptors (Lipinski definition) is 3. The van der Waals surface area contributed by atoms with E-state index < -0.39 is 0 Å². The molecule has 0 saturated carbocycles. The molecule has 2 rings (SSSR count). The highest BCUT2D eigenvalue weighted by molar-refractivity contribution is 9.10. The van der Waals surface area contributed by atoms with Crippen molar-refractivity contribution >= 4 is 21.8 Å². The number of halogens is 1. The number of nitrogens with zero attached hydrogens (tertiary/aromatic N) is 1. The number of benzene rings is 1. The number of likely N-dealkylation sites (tertiary alicyclic amines) is 1. The van der Waals surface area contributed by atoms with Crippen molar-refractivity contribution in [2.45, 2.75) is 25.9 Å². The molecule has 104 valence electrons. The van der Waals surface area contributed by atoms with Crippen molar-refractivity contribution in [3.8, 4) is 5.75 Å². The Labute approximate surface area is 122 Å². The Bertz CT molecular complexity index is 465. The summed E-state index contributed by atoms with van der Waals surface area (Å²) in [6.07, 6.45) is 1.02. The minimum absolute atomic E-state index is 0.0504. The Morgan fingerprint density at radius 1 is 1.58 bits per heavy atom. The van der Waals surface area contributed by atoms with Crippen LogP contribution in [0.5, 0.6) is 5.75 Å². The molecule has 1 aliphatic rings. The number of carbonyl (C=O) groups excluding carboxylic acids is 1. The van der Waals surface area contributed by atoms with Gasteiger partial charge < -0.3 is 10.1 Å². The fraction of sp³-hybridized carbons (Fsp3) is 0.500. The van der Waals surface area contributed by atoms with Gasteiger partial charge in [-0.25, -0.2) is 0 Å². The van der Waals surface area contributed by atoms with Crippen LogP contribution in [-0.4, -0.2) is 37.0 Å². The summed E-state index contributed by atoms with van der Waals surface area (Å²) in [7, 11) is 1.68. The lowest BCUT2D eigenvalue weighted by Crippen LogP contribution is -2.35. The molecule has 1 unspecified atom stereocenters. The summed E-state index contributed by atoms with van der Waals surface area (Å²) in [4.78, 5) is 13.4. The molecule has 5 heteroatoms. The van der Waals surface area contributed by atoms with Crippen molar-refractivity contribution in [3.05, 3.63) is 28.2 Å². The third-order valence-corrected chi connectivity index (χ3v) is 4.10. The number of ether oxygens (including phenoxy) is 1. The minimum atomic E-state index is 0.0504. The highest BCUT2D eigenvalue weighted by Gasteiger charge is 2.23. The predicted octanol–water partition coefficient (Wildman–Crippen LogP) is 2.17. The second-order valence-corrected chi connectivity index (χ2v) is 5.73. The Hall–Kier alpha value is -1.07. The van der Waals surface area contributed by atoms with Gasteiger partial charge >= 0.3 is 0 Å². The van der Waals surface area contributed by atoms with Crippen LogP contribution in [0.1, 0.15) is 18.9 Å². The number of amides is 1. The maximum atomic E-state index is 11.0. The number of rotatable bonds is 4. The monoisotopic (exact) mass is 326 g/mol. The molecule has 1 N–H and O–H groups in total. The van der Waals surface area contributed by atoms with Gasteiger partial charge in [-0.3, -0.25) is 9.69 Å². The fourth-order valence-corrected chi connectivity index (χ4v) is 2.79. The molecule has 1 aliphatic heterocycles. The van der Waals surface area contributed by atoms with E-state index in [0.717, 1.165) is 36.3 Å². The number of nitrogens with one attached hydrogen (secondary N) is 1. The van der Waals surface area contributed by atoms with Crippen LogP contribution in [0.15, 0.2) is 22.7 Å². The summed E-state index contributed by atoms with van der Waals surface area (Å²) in [5.41, 5.74) is 1.21. The fourth-order valence-electron chi connectivity index (χ4n) is 2.42. The van der Waals surface area contributed by atoms with Gasteiger partial charge in [0.05, 0.1) is 7.11 Å². The first kappa shape index (κ1) is 14.3. The molecule has 0 aromatic heterocycles. The third kappa shape index (κ3) is 3.94. The number of hydrogen-bond donors (Lipinski definition) is 1. The Balaban J connectivity index is 1.97. The van der Waals surface area contributed by atoms with Crippen molar-refractivity contribution in [3.63, 3.8) is 0 Å². The van der Waals surface area contributed by atoms with Gasteiger partial charge in [-0.15, -0.1) is 0 Å². The van der Waals surface area contributed by atoms with E-state index in [4.69, 9.17) is 4.74 Å². The van der Waals surface area contributed by atoms with Crippen LogP contribution in [0.3, 0.4) is 0 Å². The van der Waals surface area contributed by atoms with E-state index in [1.54, 1.807) is 14.0 Å². The second-order valence-electron chi connectivity index (χ2n) is 4.88. The van der Waals surface area contributed by atoms with Crippen LogP contribution in [-0.2, 0) is 11.3 Å². The lowest BCUT2D eigenvalue weighted by molar-refractivity contribution is -0.119. The Morgan fingerprint density at radius 3 is 3.05 bits per heavy atom. The molecule has 0 radical (unpaired) electrons. The highest BCUT2D eigenvalue weighted by atomic mass is 79.9. The van der Waals surface area contributed by atoms with Gasteiger partial charge in [0, 0.05) is 37.1 Å². The zero-order chi connectivity index (χ0) is 13.8. The number of carbonyl (C=O) groups is 1. The van der Waals surface area contributed by atoms with Gasteiger partial charge in [-0.05, 0) is 30.2 Å². The first-order valence-corrected chi connectivity index (χ1v) is 7.19. The maximum Gasteiger partial charge on any atom is 0.217 e. The van der Waals surface area contributed by atoms with E-state index >= 15 is 0 Å². The topological polar surface area (TPSA) is 41.6 Å². The molecule has 0 bridgehead atoms. The van der Waals surface area contributed by atoms with Crippen molar-refractivity contribution in [2.75, 3.05) is 20.2 Å². The van der Waals surface area contributed by atoms with Gasteiger partial charge in [0.25, 0.3) is 0 Å². The zero-order valence-electron chi connectivity index (χ0n) is 11.3. The Morgan fingerprint density at radius 2 is 2.37 bits per heavy atom. The van der Waals surface area contributed by atoms with E-state index in [9.17, 15) is 4.79 Å². The first-order valence-electron chi connectivity index (χ1n) is 6.40. The smallest absolute Gasteiger partial charge is 0.217 e. The molecule has 1 saturated heterocycles. The molecule has 1 amide bonds. The van der Waals surface area contributed by atoms with E-state index in [0.29, 0.717) is 0 Å². The summed E-state index contributed by atoms with van der Waals surface area (Å²) >= 11 is 3.57. The summed E-state index contributed by atoms with van der Waals surface area (Å²) in [5.74, 6) is 0.921. The quantitative estimate of drug-likeness (QED) is 0.922. The van der Waals surface area contributed by atoms with Crippen LogP contribution >= 0.6 is 15.9 Å². The average molecular weight is 327 g/mol. The summed E-state index contributed by atoms with van der Waals surface area (Å²) in [5, 5.41) is 2.98. The van der Waals surface area contributed by atoms with Gasteiger partial charge in [-0.1, -0.05) is 15.9 Å². The van der Waals surface area contributed by atoms with E-state index in [1.165, 1.54) is 5.56 Å². The minimum Gasteiger partial charge on any atom is -0.497 e. The van der Waals surface area contributed by atoms with Crippen LogP contribution in [0.25, 0.3) is 0 Å². The SMILES string of the molecule is COc1ccc(Br)c(CN2CCC(NC(C)=O)C2)c1. The number of methoxy groups -OCH3 is 1. The van der Waals surface area contributed by atoms with Gasteiger partial charge in [0.15, 0.2) is 0 Å². The largest absolute Gasteiger partial charge is 0.497 e. The molecule has 1 aromatic rings. The average Bonchev–Trinajstić information content (AvgIpc) is 2.78. The lowest BCUT2D eigenvalue weighted by Gasteiger charge is -2.17. The van der Waals surface area contributed by atoms with Crippen molar-refractivity contribution in [2.24, 2.45) is 0 Å². The first-order chi connectivity index (χ1) is 9.08. The molecule has 1 atom stereocenters. The van der Waals surface area contributed by atoms with Gasteiger partial charge in [0.1, 0.15) is 5.75 Å². The molecule has 19 heavy (non-hydrogen) atoms. The molecule has 1 fully saturated rings. The molecular weight excluding hydrogens is 308 g/mol.